The Kier molecular flexibility index (Phi) is 5.09. The first kappa shape index (κ1) is 10.2. The topological polar surface area (TPSA) is 98.0 Å². The molecule has 0 atom stereocenters. The summed E-state index contributed by atoms with van der Waals surface area (Å²) in [5.74, 6) is -0.390. The minimum Gasteiger partial charge on any atom is -0.449 e. The molecule has 0 aromatic carbocycles. The maximum atomic E-state index is 10.7. The molecular formula is C6H10N4O2. The average molecular weight is 170 g/mol. The van der Waals surface area contributed by atoms with E-state index in [2.05, 4.69) is 4.74 Å². The fraction of sp³-hybridized carbons (Fsp3) is 0.500. The van der Waals surface area contributed by atoms with Crippen molar-refractivity contribution in [2.75, 3.05) is 6.61 Å². The number of nitriles is 1. The zero-order valence-corrected chi connectivity index (χ0v) is 6.68. The second-order valence-electron chi connectivity index (χ2n) is 1.87. The molecule has 6 heteroatoms. The molecule has 0 heterocycles. The van der Waals surface area contributed by atoms with E-state index in [1.807, 2.05) is 17.6 Å². The van der Waals surface area contributed by atoms with Crippen LogP contribution in [0.4, 0.5) is 4.79 Å². The largest absolute Gasteiger partial charge is 0.449 e. The highest BCUT2D eigenvalue weighted by Gasteiger charge is 2.02. The van der Waals surface area contributed by atoms with Gasteiger partial charge in [-0.3, -0.25) is 16.0 Å². The van der Waals surface area contributed by atoms with Crippen LogP contribution in [0.25, 0.3) is 0 Å². The Balaban J connectivity index is 3.56. The Morgan fingerprint density at radius 1 is 1.75 bits per heavy atom. The van der Waals surface area contributed by atoms with Crippen molar-refractivity contribution in [1.29, 1.82) is 10.7 Å². The van der Waals surface area contributed by atoms with Crippen LogP contribution in [0.5, 0.6) is 0 Å². The second-order valence-corrected chi connectivity index (χ2v) is 1.87. The zero-order chi connectivity index (χ0) is 9.40. The lowest BCUT2D eigenvalue weighted by Crippen LogP contribution is -2.38. The first-order chi connectivity index (χ1) is 5.70. The molecule has 0 saturated heterocycles. The Labute approximate surface area is 70.0 Å². The molecule has 0 saturated carbocycles. The van der Waals surface area contributed by atoms with Crippen molar-refractivity contribution < 1.29 is 9.53 Å². The summed E-state index contributed by atoms with van der Waals surface area (Å²) < 4.78 is 4.57. The van der Waals surface area contributed by atoms with Crippen molar-refractivity contribution >= 4 is 12.1 Å². The number of hydrogen-bond acceptors (Lipinski definition) is 4. The predicted octanol–water partition coefficient (Wildman–Crippen LogP) is 0.128. The number of carbonyl (C=O) groups is 1. The highest BCUT2D eigenvalue weighted by Crippen LogP contribution is 1.80. The molecule has 12 heavy (non-hydrogen) atoms. The van der Waals surface area contributed by atoms with E-state index in [0.29, 0.717) is 13.0 Å². The average Bonchev–Trinajstić information content (AvgIpc) is 2.01. The molecule has 0 fully saturated rings. The highest BCUT2D eigenvalue weighted by molar-refractivity contribution is 5.92. The fourth-order valence-corrected chi connectivity index (χ4v) is 0.420. The fourth-order valence-electron chi connectivity index (χ4n) is 0.420. The maximum Gasteiger partial charge on any atom is 0.413 e. The molecule has 0 spiro atoms. The molecule has 3 N–H and O–H groups in total. The van der Waals surface area contributed by atoms with Gasteiger partial charge in [0.15, 0.2) is 6.19 Å². The summed E-state index contributed by atoms with van der Waals surface area (Å²) in [5.41, 5.74) is 0. The molecule has 0 aliphatic rings. The van der Waals surface area contributed by atoms with Crippen LogP contribution in [-0.4, -0.2) is 18.7 Å². The van der Waals surface area contributed by atoms with E-state index in [9.17, 15) is 4.79 Å². The molecular weight excluding hydrogens is 160 g/mol. The molecule has 0 aromatic rings. The number of carbonyl (C=O) groups excluding carboxylic acids is 1. The standard InChI is InChI=1S/C6H10N4O2/c1-2-3-12-6(11)10-5(8)9-4-7/h2-3H2,1H3,(H3,8,9,10,11). The van der Waals surface area contributed by atoms with Gasteiger partial charge in [-0.25, -0.2) is 4.79 Å². The van der Waals surface area contributed by atoms with Gasteiger partial charge in [0.25, 0.3) is 0 Å². The van der Waals surface area contributed by atoms with Gasteiger partial charge in [-0.05, 0) is 6.42 Å². The lowest BCUT2D eigenvalue weighted by atomic mass is 10.5. The maximum absolute atomic E-state index is 10.7. The third-order valence-corrected chi connectivity index (χ3v) is 0.845. The molecule has 0 aromatic heterocycles. The number of nitrogens with zero attached hydrogens (tertiary/aromatic N) is 1. The molecule has 1 amide bonds. The molecule has 0 aliphatic carbocycles. The first-order valence-corrected chi connectivity index (χ1v) is 3.38. The van der Waals surface area contributed by atoms with Gasteiger partial charge in [-0.15, -0.1) is 0 Å². The van der Waals surface area contributed by atoms with E-state index < -0.39 is 12.1 Å². The molecule has 0 bridgehead atoms. The van der Waals surface area contributed by atoms with E-state index >= 15 is 0 Å². The number of ether oxygens (including phenoxy) is 1. The van der Waals surface area contributed by atoms with Crippen molar-refractivity contribution in [3.63, 3.8) is 0 Å². The molecule has 0 unspecified atom stereocenters. The van der Waals surface area contributed by atoms with Crippen molar-refractivity contribution in [3.05, 3.63) is 0 Å². The lowest BCUT2D eigenvalue weighted by molar-refractivity contribution is 0.151. The quantitative estimate of drug-likeness (QED) is 0.237. The van der Waals surface area contributed by atoms with Gasteiger partial charge in [0.2, 0.25) is 5.96 Å². The predicted molar refractivity (Wildman–Crippen MR) is 41.3 cm³/mol. The third-order valence-electron chi connectivity index (χ3n) is 0.845. The number of guanidine groups is 1. The minimum atomic E-state index is -0.732. The van der Waals surface area contributed by atoms with E-state index in [-0.39, 0.29) is 0 Å². The van der Waals surface area contributed by atoms with Gasteiger partial charge in [-0.1, -0.05) is 6.92 Å². The van der Waals surface area contributed by atoms with Gasteiger partial charge in [-0.2, -0.15) is 5.26 Å². The smallest absolute Gasteiger partial charge is 0.413 e. The van der Waals surface area contributed by atoms with Gasteiger partial charge < -0.3 is 4.74 Å². The number of nitrogens with one attached hydrogen (secondary N) is 3. The molecule has 0 radical (unpaired) electrons. The van der Waals surface area contributed by atoms with Gasteiger partial charge in [0, 0.05) is 0 Å². The van der Waals surface area contributed by atoms with Gasteiger partial charge in [0.1, 0.15) is 0 Å². The van der Waals surface area contributed by atoms with E-state index in [0.717, 1.165) is 0 Å². The zero-order valence-electron chi connectivity index (χ0n) is 6.68. The lowest BCUT2D eigenvalue weighted by Gasteiger charge is -2.04. The van der Waals surface area contributed by atoms with Gasteiger partial charge in [0.05, 0.1) is 6.61 Å². The number of amides is 1. The Bertz CT molecular complexity index is 208. The van der Waals surface area contributed by atoms with E-state index in [1.165, 1.54) is 6.19 Å². The van der Waals surface area contributed by atoms with Crippen LogP contribution in [0.15, 0.2) is 0 Å². The monoisotopic (exact) mass is 170 g/mol. The number of hydrogen-bond donors (Lipinski definition) is 3. The van der Waals surface area contributed by atoms with Crippen LogP contribution >= 0.6 is 0 Å². The van der Waals surface area contributed by atoms with E-state index in [4.69, 9.17) is 10.7 Å². The summed E-state index contributed by atoms with van der Waals surface area (Å²) in [5, 5.41) is 18.9. The third kappa shape index (κ3) is 5.05. The summed E-state index contributed by atoms with van der Waals surface area (Å²) in [6, 6.07) is 0. The number of alkyl carbamates (subject to hydrolysis) is 1. The van der Waals surface area contributed by atoms with Crippen LogP contribution in [0, 0.1) is 16.9 Å². The van der Waals surface area contributed by atoms with Crippen molar-refractivity contribution in [1.82, 2.24) is 10.6 Å². The minimum absolute atomic E-state index is 0.297. The second kappa shape index (κ2) is 5.97. The van der Waals surface area contributed by atoms with Crippen molar-refractivity contribution in [2.45, 2.75) is 13.3 Å². The SMILES string of the molecule is CCCOC(=O)NC(=N)NC#N. The van der Waals surface area contributed by atoms with Gasteiger partial charge >= 0.3 is 6.09 Å². The summed E-state index contributed by atoms with van der Waals surface area (Å²) in [6.07, 6.45) is 1.47. The normalized spacial score (nSPS) is 8.00. The van der Waals surface area contributed by atoms with Crippen molar-refractivity contribution in [2.24, 2.45) is 0 Å². The number of rotatable bonds is 2. The summed E-state index contributed by atoms with van der Waals surface area (Å²) >= 11 is 0. The molecule has 0 rings (SSSR count). The molecule has 0 aliphatic heterocycles. The Morgan fingerprint density at radius 2 is 2.42 bits per heavy atom. The van der Waals surface area contributed by atoms with Crippen LogP contribution in [0.1, 0.15) is 13.3 Å². The Morgan fingerprint density at radius 3 is 2.92 bits per heavy atom. The summed E-state index contributed by atoms with van der Waals surface area (Å²) in [7, 11) is 0. The molecule has 6 nitrogen and oxygen atoms in total. The van der Waals surface area contributed by atoms with E-state index in [1.54, 1.807) is 0 Å². The van der Waals surface area contributed by atoms with Crippen molar-refractivity contribution in [3.8, 4) is 6.19 Å². The van der Waals surface area contributed by atoms with Crippen LogP contribution in [0.2, 0.25) is 0 Å². The Hall–Kier alpha value is -1.77. The summed E-state index contributed by atoms with van der Waals surface area (Å²) in [4.78, 5) is 10.7. The summed E-state index contributed by atoms with van der Waals surface area (Å²) in [6.45, 7) is 2.15. The van der Waals surface area contributed by atoms with Crippen LogP contribution < -0.4 is 10.6 Å². The highest BCUT2D eigenvalue weighted by atomic mass is 16.5. The van der Waals surface area contributed by atoms with Crippen LogP contribution in [-0.2, 0) is 4.74 Å². The van der Waals surface area contributed by atoms with Crippen LogP contribution in [0.3, 0.4) is 0 Å². The molecule has 66 valence electrons. The first-order valence-electron chi connectivity index (χ1n) is 3.38.